The largest absolute Gasteiger partial charge is 0.450 e. The molecule has 1 fully saturated rings. The topological polar surface area (TPSA) is 124 Å². The molecule has 16 heteroatoms. The first-order chi connectivity index (χ1) is 19.4. The van der Waals surface area contributed by atoms with E-state index in [2.05, 4.69) is 25.4 Å². The van der Waals surface area contributed by atoms with E-state index in [1.54, 1.807) is 20.3 Å². The zero-order valence-corrected chi connectivity index (χ0v) is 22.5. The molecular weight excluding hydrogens is 567 g/mol. The van der Waals surface area contributed by atoms with Crippen LogP contribution in [0.25, 0.3) is 16.7 Å². The summed E-state index contributed by atoms with van der Waals surface area (Å²) in [5.41, 5.74) is -1.01. The smallest absolute Gasteiger partial charge is 0.417 e. The van der Waals surface area contributed by atoms with Gasteiger partial charge in [-0.1, -0.05) is 11.6 Å². The number of alkyl halides is 3. The Kier molecular flexibility index (Phi) is 6.13. The van der Waals surface area contributed by atoms with E-state index in [1.165, 1.54) is 39.6 Å². The molecule has 0 bridgehead atoms. The van der Waals surface area contributed by atoms with Gasteiger partial charge in [-0.15, -0.1) is 0 Å². The zero-order valence-electron chi connectivity index (χ0n) is 21.8. The highest BCUT2D eigenvalue weighted by Gasteiger charge is 2.33. The Morgan fingerprint density at radius 2 is 1.90 bits per heavy atom. The maximum Gasteiger partial charge on any atom is 0.417 e. The van der Waals surface area contributed by atoms with Gasteiger partial charge in [-0.05, 0) is 18.9 Å². The van der Waals surface area contributed by atoms with Crippen molar-refractivity contribution in [3.63, 3.8) is 0 Å². The summed E-state index contributed by atoms with van der Waals surface area (Å²) in [6, 6.07) is 0.718. The molecule has 0 radical (unpaired) electrons. The molecule has 12 nitrogen and oxygen atoms in total. The lowest BCUT2D eigenvalue weighted by molar-refractivity contribution is -0.138. The van der Waals surface area contributed by atoms with Gasteiger partial charge in [0.15, 0.2) is 23.0 Å². The quantitative estimate of drug-likeness (QED) is 0.312. The SMILES string of the molecule is CN(C(=O)C1CC1)c1cn2ncc(Oc3cnc4nc(Nc5cc(C(F)(F)F)cn(C)c5=O)n(C)c4c3Cl)c2cn1. The summed E-state index contributed by atoms with van der Waals surface area (Å²) in [4.78, 5) is 39.3. The summed E-state index contributed by atoms with van der Waals surface area (Å²) >= 11 is 6.65. The number of nitrogens with one attached hydrogen (secondary N) is 1. The van der Waals surface area contributed by atoms with E-state index in [9.17, 15) is 22.8 Å². The molecule has 5 aromatic rings. The van der Waals surface area contributed by atoms with E-state index in [0.29, 0.717) is 28.8 Å². The standard InChI is InChI=1S/C25H21ClF3N9O3/c1-35-10-13(25(27,28)29)6-14(23(35)40)33-24-34-21-20(37(24)3)19(26)17(8-31-21)41-16-9-32-38-11-18(30-7-15(16)38)36(2)22(39)12-4-5-12/h6-12H,4-5H2,1-3H3,(H,31,33,34). The Morgan fingerprint density at radius 3 is 2.61 bits per heavy atom. The van der Waals surface area contributed by atoms with Gasteiger partial charge in [0.05, 0.1) is 30.4 Å². The third kappa shape index (κ3) is 4.71. The van der Waals surface area contributed by atoms with Gasteiger partial charge >= 0.3 is 6.18 Å². The average Bonchev–Trinajstić information content (AvgIpc) is 3.63. The number of carbonyl (C=O) groups excluding carboxylic acids is 1. The van der Waals surface area contributed by atoms with Crippen LogP contribution in [0.3, 0.4) is 0 Å². The van der Waals surface area contributed by atoms with Crippen molar-refractivity contribution in [3.8, 4) is 11.5 Å². The Labute approximate surface area is 234 Å². The second-order valence-electron chi connectivity index (χ2n) is 9.64. The van der Waals surface area contributed by atoms with Crippen LogP contribution in [0.5, 0.6) is 11.5 Å². The molecule has 1 aliphatic rings. The van der Waals surface area contributed by atoms with Crippen molar-refractivity contribution in [1.29, 1.82) is 0 Å². The molecule has 5 heterocycles. The van der Waals surface area contributed by atoms with Crippen LogP contribution in [-0.4, -0.2) is 46.7 Å². The summed E-state index contributed by atoms with van der Waals surface area (Å²) in [5.74, 6) is 0.998. The molecule has 5 aromatic heterocycles. The van der Waals surface area contributed by atoms with Crippen LogP contribution in [0.15, 0.2) is 41.8 Å². The highest BCUT2D eigenvalue weighted by molar-refractivity contribution is 6.36. The van der Waals surface area contributed by atoms with Crippen molar-refractivity contribution < 1.29 is 22.7 Å². The molecule has 0 atom stereocenters. The van der Waals surface area contributed by atoms with Crippen molar-refractivity contribution in [2.45, 2.75) is 19.0 Å². The summed E-state index contributed by atoms with van der Waals surface area (Å²) in [6.45, 7) is 0. The van der Waals surface area contributed by atoms with Crippen LogP contribution in [-0.2, 0) is 25.1 Å². The van der Waals surface area contributed by atoms with Crippen LogP contribution in [0, 0.1) is 5.92 Å². The van der Waals surface area contributed by atoms with E-state index in [1.807, 2.05) is 0 Å². The highest BCUT2D eigenvalue weighted by Crippen LogP contribution is 2.37. The number of hydrogen-bond donors (Lipinski definition) is 1. The lowest BCUT2D eigenvalue weighted by Crippen LogP contribution is -2.28. The predicted molar refractivity (Wildman–Crippen MR) is 143 cm³/mol. The highest BCUT2D eigenvalue weighted by atomic mass is 35.5. The van der Waals surface area contributed by atoms with E-state index < -0.39 is 17.3 Å². The van der Waals surface area contributed by atoms with Gasteiger partial charge in [-0.25, -0.2) is 14.5 Å². The third-order valence-corrected chi connectivity index (χ3v) is 7.10. The van der Waals surface area contributed by atoms with Crippen molar-refractivity contribution in [1.82, 2.24) is 33.7 Å². The van der Waals surface area contributed by atoms with E-state index in [0.717, 1.165) is 23.5 Å². The number of aryl methyl sites for hydroxylation is 2. The van der Waals surface area contributed by atoms with Crippen LogP contribution in [0.2, 0.25) is 5.02 Å². The number of pyridine rings is 2. The maximum absolute atomic E-state index is 13.3. The Morgan fingerprint density at radius 1 is 1.15 bits per heavy atom. The Hall–Kier alpha value is -4.66. The first-order valence-electron chi connectivity index (χ1n) is 12.3. The minimum Gasteiger partial charge on any atom is -0.450 e. The molecule has 1 saturated carbocycles. The third-order valence-electron chi connectivity index (χ3n) is 6.74. The molecule has 0 spiro atoms. The molecule has 1 N–H and O–H groups in total. The van der Waals surface area contributed by atoms with Crippen LogP contribution in [0.1, 0.15) is 18.4 Å². The summed E-state index contributed by atoms with van der Waals surface area (Å²) in [5, 5.41) is 7.07. The van der Waals surface area contributed by atoms with Gasteiger partial charge in [-0.3, -0.25) is 14.5 Å². The molecule has 41 heavy (non-hydrogen) atoms. The number of halogens is 4. The normalized spacial score (nSPS) is 13.6. The molecule has 0 unspecified atom stereocenters. The maximum atomic E-state index is 13.3. The zero-order chi connectivity index (χ0) is 29.2. The van der Waals surface area contributed by atoms with Gasteiger partial charge in [0.2, 0.25) is 11.9 Å². The molecule has 6 rings (SSSR count). The number of aromatic nitrogens is 7. The lowest BCUT2D eigenvalue weighted by atomic mass is 10.2. The Balaban J connectivity index is 1.30. The van der Waals surface area contributed by atoms with Crippen molar-refractivity contribution in [3.05, 3.63) is 58.0 Å². The van der Waals surface area contributed by atoms with E-state index in [-0.39, 0.29) is 39.9 Å². The lowest BCUT2D eigenvalue weighted by Gasteiger charge is -2.15. The predicted octanol–water partition coefficient (Wildman–Crippen LogP) is 4.29. The first kappa shape index (κ1) is 26.6. The number of hydrogen-bond acceptors (Lipinski definition) is 8. The number of anilines is 3. The van der Waals surface area contributed by atoms with Gasteiger partial charge in [-0.2, -0.15) is 23.3 Å². The molecule has 0 aromatic carbocycles. The second-order valence-corrected chi connectivity index (χ2v) is 10.0. The van der Waals surface area contributed by atoms with Gasteiger partial charge in [0, 0.05) is 33.3 Å². The number of amides is 1. The van der Waals surface area contributed by atoms with Crippen LogP contribution >= 0.6 is 11.6 Å². The van der Waals surface area contributed by atoms with Crippen LogP contribution in [0.4, 0.5) is 30.6 Å². The van der Waals surface area contributed by atoms with Gasteiger partial charge in [0.1, 0.15) is 21.7 Å². The van der Waals surface area contributed by atoms with E-state index >= 15 is 0 Å². The molecule has 0 aliphatic heterocycles. The summed E-state index contributed by atoms with van der Waals surface area (Å²) in [6.07, 6.45) is 3.77. The van der Waals surface area contributed by atoms with Crippen molar-refractivity contribution in [2.75, 3.05) is 17.3 Å². The number of ether oxygens (including phenoxy) is 1. The molecular formula is C25H21ClF3N9O3. The minimum atomic E-state index is -4.65. The van der Waals surface area contributed by atoms with Gasteiger partial charge in [0.25, 0.3) is 5.56 Å². The average molecular weight is 588 g/mol. The van der Waals surface area contributed by atoms with Gasteiger partial charge < -0.3 is 19.2 Å². The van der Waals surface area contributed by atoms with Crippen molar-refractivity contribution >= 4 is 51.6 Å². The minimum absolute atomic E-state index is 0.00472. The molecule has 1 aliphatic carbocycles. The number of imidazole rings is 1. The second kappa shape index (κ2) is 9.47. The first-order valence-corrected chi connectivity index (χ1v) is 12.6. The van der Waals surface area contributed by atoms with Crippen LogP contribution < -0.4 is 20.5 Å². The fourth-order valence-electron chi connectivity index (χ4n) is 4.31. The number of nitrogens with zero attached hydrogens (tertiary/aromatic N) is 8. The summed E-state index contributed by atoms with van der Waals surface area (Å²) in [7, 11) is 4.45. The molecule has 0 saturated heterocycles. The fraction of sp³-hybridized carbons (Fsp3) is 0.280. The Bertz CT molecular complexity index is 1910. The number of rotatable bonds is 6. The summed E-state index contributed by atoms with van der Waals surface area (Å²) < 4.78 is 49.7. The molecule has 212 valence electrons. The number of carbonyl (C=O) groups is 1. The monoisotopic (exact) mass is 587 g/mol. The number of fused-ring (bicyclic) bond motifs is 2. The van der Waals surface area contributed by atoms with E-state index in [4.69, 9.17) is 16.3 Å². The fourth-order valence-corrected chi connectivity index (χ4v) is 4.61. The molecule has 1 amide bonds. The van der Waals surface area contributed by atoms with Crippen molar-refractivity contribution in [2.24, 2.45) is 20.0 Å².